The van der Waals surface area contributed by atoms with Crippen LogP contribution in [-0.2, 0) is 28.2 Å². The maximum absolute atomic E-state index is 12.3. The number of rotatable bonds is 7. The number of benzene rings is 1. The molecule has 0 radical (unpaired) electrons. The molecule has 156 valence electrons. The standard InChI is InChI=1S/C19H23ClN4O4S/c1-4-10-28-19(25)22-29(26,27)11-8-16-13(2)21-23(3)18(16)24-9-7-14-12-15(20)5-6-17(14)24/h5-7,9,12H,4,8,10-11H2,1-3H3,(H,22,25). The van der Waals surface area contributed by atoms with Crippen LogP contribution in [0.3, 0.4) is 0 Å². The first-order valence-corrected chi connectivity index (χ1v) is 11.2. The molecular weight excluding hydrogens is 416 g/mol. The summed E-state index contributed by atoms with van der Waals surface area (Å²) in [5.74, 6) is 0.502. The molecule has 8 nitrogen and oxygen atoms in total. The summed E-state index contributed by atoms with van der Waals surface area (Å²) in [7, 11) is -2.03. The lowest BCUT2D eigenvalue weighted by Crippen LogP contribution is -2.33. The zero-order valence-corrected chi connectivity index (χ0v) is 18.0. The predicted octanol–water partition coefficient (Wildman–Crippen LogP) is 3.33. The number of fused-ring (bicyclic) bond motifs is 1. The van der Waals surface area contributed by atoms with Gasteiger partial charge in [0.25, 0.3) is 0 Å². The normalized spacial score (nSPS) is 11.7. The number of halogens is 1. The number of sulfonamides is 1. The minimum Gasteiger partial charge on any atom is -0.449 e. The van der Waals surface area contributed by atoms with Gasteiger partial charge in [-0.05, 0) is 44.0 Å². The molecule has 0 saturated carbocycles. The third kappa shape index (κ3) is 4.73. The predicted molar refractivity (Wildman–Crippen MR) is 112 cm³/mol. The Kier molecular flexibility index (Phi) is 6.18. The van der Waals surface area contributed by atoms with E-state index in [4.69, 9.17) is 16.3 Å². The number of aryl methyl sites for hydroxylation is 2. The van der Waals surface area contributed by atoms with Crippen molar-refractivity contribution in [2.45, 2.75) is 26.7 Å². The SMILES string of the molecule is CCCOC(=O)NS(=O)(=O)CCc1c(C)nn(C)c1-n1ccc2cc(Cl)ccc21. The number of ether oxygens (including phenoxy) is 1. The van der Waals surface area contributed by atoms with Gasteiger partial charge in [0.2, 0.25) is 10.0 Å². The van der Waals surface area contributed by atoms with Gasteiger partial charge < -0.3 is 9.30 Å². The van der Waals surface area contributed by atoms with E-state index in [-0.39, 0.29) is 18.8 Å². The van der Waals surface area contributed by atoms with E-state index in [0.29, 0.717) is 11.4 Å². The molecule has 1 aromatic carbocycles. The van der Waals surface area contributed by atoms with Crippen molar-refractivity contribution in [1.82, 2.24) is 19.1 Å². The second-order valence-corrected chi connectivity index (χ2v) is 8.99. The summed E-state index contributed by atoms with van der Waals surface area (Å²) in [5.41, 5.74) is 2.44. The van der Waals surface area contributed by atoms with Crippen LogP contribution in [0, 0.1) is 6.92 Å². The molecule has 0 aliphatic rings. The lowest BCUT2D eigenvalue weighted by Gasteiger charge is -2.11. The number of nitrogens with zero attached hydrogens (tertiary/aromatic N) is 3. The topological polar surface area (TPSA) is 95.2 Å². The van der Waals surface area contributed by atoms with Gasteiger partial charge in [0.05, 0.1) is 23.6 Å². The minimum absolute atomic E-state index is 0.165. The average molecular weight is 439 g/mol. The molecule has 2 aromatic heterocycles. The van der Waals surface area contributed by atoms with Gasteiger partial charge in [0.1, 0.15) is 5.82 Å². The summed E-state index contributed by atoms with van der Waals surface area (Å²) in [5, 5.41) is 6.07. The number of amides is 1. The summed E-state index contributed by atoms with van der Waals surface area (Å²) < 4.78 is 35.0. The Morgan fingerprint density at radius 3 is 2.79 bits per heavy atom. The average Bonchev–Trinajstić information content (AvgIpc) is 3.16. The molecular formula is C19H23ClN4O4S. The largest absolute Gasteiger partial charge is 0.449 e. The van der Waals surface area contributed by atoms with Gasteiger partial charge >= 0.3 is 6.09 Å². The van der Waals surface area contributed by atoms with Crippen molar-refractivity contribution in [2.75, 3.05) is 12.4 Å². The van der Waals surface area contributed by atoms with Crippen LogP contribution < -0.4 is 4.72 Å². The van der Waals surface area contributed by atoms with Crippen molar-refractivity contribution in [3.8, 4) is 5.82 Å². The van der Waals surface area contributed by atoms with Crippen molar-refractivity contribution in [2.24, 2.45) is 7.05 Å². The number of aromatic nitrogens is 3. The summed E-state index contributed by atoms with van der Waals surface area (Å²) in [6.07, 6.45) is 1.75. The van der Waals surface area contributed by atoms with Crippen molar-refractivity contribution < 1.29 is 17.9 Å². The third-order valence-electron chi connectivity index (χ3n) is 4.49. The lowest BCUT2D eigenvalue weighted by atomic mass is 10.2. The highest BCUT2D eigenvalue weighted by molar-refractivity contribution is 7.90. The molecule has 0 bridgehead atoms. The smallest absolute Gasteiger partial charge is 0.420 e. The van der Waals surface area contributed by atoms with Crippen LogP contribution in [0.25, 0.3) is 16.7 Å². The van der Waals surface area contributed by atoms with Crippen molar-refractivity contribution in [1.29, 1.82) is 0 Å². The molecule has 0 saturated heterocycles. The van der Waals surface area contributed by atoms with Crippen LogP contribution in [0.5, 0.6) is 0 Å². The van der Waals surface area contributed by atoms with Gasteiger partial charge in [-0.15, -0.1) is 0 Å². The fourth-order valence-electron chi connectivity index (χ4n) is 3.22. The van der Waals surface area contributed by atoms with E-state index in [2.05, 4.69) is 5.10 Å². The van der Waals surface area contributed by atoms with Crippen LogP contribution in [0.1, 0.15) is 24.6 Å². The van der Waals surface area contributed by atoms with Gasteiger partial charge in [-0.2, -0.15) is 5.10 Å². The number of carbonyl (C=O) groups excluding carboxylic acids is 1. The van der Waals surface area contributed by atoms with Crippen LogP contribution in [0.15, 0.2) is 30.5 Å². The van der Waals surface area contributed by atoms with Gasteiger partial charge in [-0.1, -0.05) is 18.5 Å². The molecule has 0 atom stereocenters. The van der Waals surface area contributed by atoms with E-state index in [1.165, 1.54) is 0 Å². The zero-order chi connectivity index (χ0) is 21.2. The molecule has 1 N–H and O–H groups in total. The highest BCUT2D eigenvalue weighted by Gasteiger charge is 2.21. The monoisotopic (exact) mass is 438 g/mol. The van der Waals surface area contributed by atoms with Gasteiger partial charge in [0, 0.05) is 29.2 Å². The fraction of sp³-hybridized carbons (Fsp3) is 0.368. The van der Waals surface area contributed by atoms with Gasteiger partial charge in [-0.3, -0.25) is 4.68 Å². The highest BCUT2D eigenvalue weighted by Crippen LogP contribution is 2.27. The Hall–Kier alpha value is -2.52. The molecule has 10 heteroatoms. The van der Waals surface area contributed by atoms with Gasteiger partial charge in [-0.25, -0.2) is 17.9 Å². The quantitative estimate of drug-likeness (QED) is 0.610. The first kappa shape index (κ1) is 21.2. The van der Waals surface area contributed by atoms with Crippen LogP contribution in [0.2, 0.25) is 5.02 Å². The van der Waals surface area contributed by atoms with Crippen molar-refractivity contribution >= 4 is 38.6 Å². The van der Waals surface area contributed by atoms with Gasteiger partial charge in [0.15, 0.2) is 0 Å². The number of hydrogen-bond acceptors (Lipinski definition) is 5. The maximum atomic E-state index is 12.3. The van der Waals surface area contributed by atoms with E-state index in [1.54, 1.807) is 10.7 Å². The molecule has 1 amide bonds. The molecule has 0 spiro atoms. The summed E-state index contributed by atoms with van der Waals surface area (Å²) in [6, 6.07) is 7.52. The highest BCUT2D eigenvalue weighted by atomic mass is 35.5. The Morgan fingerprint density at radius 2 is 2.07 bits per heavy atom. The molecule has 0 aliphatic carbocycles. The zero-order valence-electron chi connectivity index (χ0n) is 16.5. The minimum atomic E-state index is -3.84. The van der Waals surface area contributed by atoms with Crippen molar-refractivity contribution in [3.63, 3.8) is 0 Å². The third-order valence-corrected chi connectivity index (χ3v) is 5.94. The molecule has 0 fully saturated rings. The lowest BCUT2D eigenvalue weighted by molar-refractivity contribution is 0.152. The van der Waals surface area contributed by atoms with E-state index >= 15 is 0 Å². The second kappa shape index (κ2) is 8.46. The Labute approximate surface area is 174 Å². The Morgan fingerprint density at radius 1 is 1.31 bits per heavy atom. The first-order valence-electron chi connectivity index (χ1n) is 9.18. The summed E-state index contributed by atoms with van der Waals surface area (Å²) in [4.78, 5) is 11.6. The van der Waals surface area contributed by atoms with Crippen molar-refractivity contribution in [3.05, 3.63) is 46.7 Å². The van der Waals surface area contributed by atoms with E-state index in [9.17, 15) is 13.2 Å². The molecule has 3 rings (SSSR count). The van der Waals surface area contributed by atoms with E-state index in [0.717, 1.165) is 28.0 Å². The molecule has 29 heavy (non-hydrogen) atoms. The molecule has 0 unspecified atom stereocenters. The number of carbonyl (C=O) groups is 1. The molecule has 2 heterocycles. The van der Waals surface area contributed by atoms with E-state index < -0.39 is 16.1 Å². The van der Waals surface area contributed by atoms with Crippen LogP contribution in [0.4, 0.5) is 4.79 Å². The molecule has 3 aromatic rings. The second-order valence-electron chi connectivity index (χ2n) is 6.71. The first-order chi connectivity index (χ1) is 13.7. The summed E-state index contributed by atoms with van der Waals surface area (Å²) >= 11 is 6.08. The number of hydrogen-bond donors (Lipinski definition) is 1. The summed E-state index contributed by atoms with van der Waals surface area (Å²) in [6.45, 7) is 3.82. The number of nitrogens with one attached hydrogen (secondary N) is 1. The van der Waals surface area contributed by atoms with Crippen LogP contribution in [-0.4, -0.2) is 41.2 Å². The maximum Gasteiger partial charge on any atom is 0.420 e. The van der Waals surface area contributed by atoms with E-state index in [1.807, 2.05) is 54.6 Å². The Bertz CT molecular complexity index is 1150. The fourth-order valence-corrected chi connectivity index (χ4v) is 4.29. The van der Waals surface area contributed by atoms with Crippen LogP contribution >= 0.6 is 11.6 Å². The molecule has 0 aliphatic heterocycles. The Balaban J connectivity index is 1.87.